The van der Waals surface area contributed by atoms with Crippen LogP contribution in [0.3, 0.4) is 0 Å². The summed E-state index contributed by atoms with van der Waals surface area (Å²) in [7, 11) is 0. The molecule has 94 valence electrons. The van der Waals surface area contributed by atoms with Crippen LogP contribution in [-0.2, 0) is 0 Å². The maximum atomic E-state index is 4.39. The highest BCUT2D eigenvalue weighted by Gasteiger charge is 2.27. The Morgan fingerprint density at radius 3 is 2.59 bits per heavy atom. The Hall–Kier alpha value is -0.430. The fourth-order valence-corrected chi connectivity index (χ4v) is 2.71. The van der Waals surface area contributed by atoms with E-state index in [1.807, 2.05) is 12.4 Å². The second-order valence-electron chi connectivity index (χ2n) is 4.31. The summed E-state index contributed by atoms with van der Waals surface area (Å²) < 4.78 is 1.09. The van der Waals surface area contributed by atoms with Crippen molar-refractivity contribution in [2.75, 3.05) is 31.1 Å². The Bertz CT molecular complexity index is 350. The van der Waals surface area contributed by atoms with Gasteiger partial charge in [0.2, 0.25) is 5.95 Å². The molecule has 1 aliphatic heterocycles. The first-order chi connectivity index (χ1) is 8.24. The van der Waals surface area contributed by atoms with Crippen molar-refractivity contribution in [3.8, 4) is 0 Å². The van der Waals surface area contributed by atoms with Crippen molar-refractivity contribution in [3.05, 3.63) is 16.0 Å². The number of aromatic nitrogens is 2. The van der Waals surface area contributed by atoms with Crippen LogP contribution in [0.2, 0.25) is 0 Å². The molecule has 0 radical (unpaired) electrons. The summed E-state index contributed by atoms with van der Waals surface area (Å²) in [5, 5.41) is 0. The SMILES string of the molecule is CCN(CC)C1CCN(c2ncc(I)cn2)C1. The number of hydrogen-bond donors (Lipinski definition) is 0. The van der Waals surface area contributed by atoms with E-state index in [9.17, 15) is 0 Å². The third-order valence-electron chi connectivity index (χ3n) is 3.38. The first-order valence-electron chi connectivity index (χ1n) is 6.21. The van der Waals surface area contributed by atoms with Gasteiger partial charge in [-0.3, -0.25) is 4.90 Å². The van der Waals surface area contributed by atoms with Gasteiger partial charge in [0.25, 0.3) is 0 Å². The van der Waals surface area contributed by atoms with Gasteiger partial charge < -0.3 is 4.90 Å². The van der Waals surface area contributed by atoms with Crippen LogP contribution < -0.4 is 4.90 Å². The first-order valence-corrected chi connectivity index (χ1v) is 7.29. The fourth-order valence-electron chi connectivity index (χ4n) is 2.43. The van der Waals surface area contributed by atoms with Gasteiger partial charge in [0.15, 0.2) is 0 Å². The fraction of sp³-hybridized carbons (Fsp3) is 0.667. The van der Waals surface area contributed by atoms with Crippen molar-refractivity contribution >= 4 is 28.5 Å². The molecular formula is C12H19IN4. The average Bonchev–Trinajstić information content (AvgIpc) is 2.81. The zero-order valence-electron chi connectivity index (χ0n) is 10.4. The molecule has 0 aromatic carbocycles. The number of nitrogens with zero attached hydrogens (tertiary/aromatic N) is 4. The normalized spacial score (nSPS) is 20.2. The summed E-state index contributed by atoms with van der Waals surface area (Å²) in [6.07, 6.45) is 4.98. The van der Waals surface area contributed by atoms with E-state index >= 15 is 0 Å². The summed E-state index contributed by atoms with van der Waals surface area (Å²) in [6, 6.07) is 0.660. The molecular weight excluding hydrogens is 327 g/mol. The molecule has 0 amide bonds. The predicted octanol–water partition coefficient (Wildman–Crippen LogP) is 2.00. The summed E-state index contributed by atoms with van der Waals surface area (Å²) in [4.78, 5) is 13.6. The van der Waals surface area contributed by atoms with Crippen LogP contribution in [0.15, 0.2) is 12.4 Å². The van der Waals surface area contributed by atoms with Crippen LogP contribution >= 0.6 is 22.6 Å². The Morgan fingerprint density at radius 1 is 1.35 bits per heavy atom. The Kier molecular flexibility index (Phi) is 4.55. The van der Waals surface area contributed by atoms with Gasteiger partial charge in [-0.15, -0.1) is 0 Å². The van der Waals surface area contributed by atoms with Gasteiger partial charge in [0.1, 0.15) is 0 Å². The number of rotatable bonds is 4. The summed E-state index contributed by atoms with van der Waals surface area (Å²) in [6.45, 7) is 8.84. The summed E-state index contributed by atoms with van der Waals surface area (Å²) >= 11 is 2.23. The van der Waals surface area contributed by atoms with E-state index in [-0.39, 0.29) is 0 Å². The molecule has 1 aromatic rings. The molecule has 0 aliphatic carbocycles. The monoisotopic (exact) mass is 346 g/mol. The molecule has 2 rings (SSSR count). The highest BCUT2D eigenvalue weighted by Crippen LogP contribution is 2.19. The lowest BCUT2D eigenvalue weighted by Gasteiger charge is -2.26. The topological polar surface area (TPSA) is 32.3 Å². The highest BCUT2D eigenvalue weighted by atomic mass is 127. The zero-order valence-corrected chi connectivity index (χ0v) is 12.6. The molecule has 0 spiro atoms. The number of hydrogen-bond acceptors (Lipinski definition) is 4. The summed E-state index contributed by atoms with van der Waals surface area (Å²) in [5.74, 6) is 0.875. The van der Waals surface area contributed by atoms with Crippen molar-refractivity contribution in [2.24, 2.45) is 0 Å². The van der Waals surface area contributed by atoms with Crippen molar-refractivity contribution in [1.82, 2.24) is 14.9 Å². The molecule has 2 heterocycles. The van der Waals surface area contributed by atoms with E-state index in [4.69, 9.17) is 0 Å². The molecule has 1 unspecified atom stereocenters. The maximum absolute atomic E-state index is 4.39. The van der Waals surface area contributed by atoms with E-state index in [1.54, 1.807) is 0 Å². The number of halogens is 1. The molecule has 1 aromatic heterocycles. The second kappa shape index (κ2) is 5.95. The Labute approximate surface area is 117 Å². The molecule has 0 N–H and O–H groups in total. The van der Waals surface area contributed by atoms with Crippen LogP contribution in [0.5, 0.6) is 0 Å². The minimum Gasteiger partial charge on any atom is -0.339 e. The largest absolute Gasteiger partial charge is 0.339 e. The van der Waals surface area contributed by atoms with Gasteiger partial charge in [-0.05, 0) is 42.1 Å². The van der Waals surface area contributed by atoms with Gasteiger partial charge in [-0.1, -0.05) is 13.8 Å². The quantitative estimate of drug-likeness (QED) is 0.781. The lowest BCUT2D eigenvalue weighted by molar-refractivity contribution is 0.232. The van der Waals surface area contributed by atoms with Crippen molar-refractivity contribution in [3.63, 3.8) is 0 Å². The van der Waals surface area contributed by atoms with Gasteiger partial charge in [-0.25, -0.2) is 9.97 Å². The average molecular weight is 346 g/mol. The lowest BCUT2D eigenvalue weighted by atomic mass is 10.2. The first kappa shape index (κ1) is 13.0. The summed E-state index contributed by atoms with van der Waals surface area (Å²) in [5.41, 5.74) is 0. The third-order valence-corrected chi connectivity index (χ3v) is 3.94. The number of likely N-dealkylation sites (N-methyl/N-ethyl adjacent to an activating group) is 1. The molecule has 1 aliphatic rings. The number of anilines is 1. The molecule has 0 bridgehead atoms. The van der Waals surface area contributed by atoms with Gasteiger partial charge >= 0.3 is 0 Å². The van der Waals surface area contributed by atoms with Crippen LogP contribution in [0.4, 0.5) is 5.95 Å². The van der Waals surface area contributed by atoms with E-state index in [1.165, 1.54) is 6.42 Å². The smallest absolute Gasteiger partial charge is 0.225 e. The van der Waals surface area contributed by atoms with E-state index in [2.05, 4.69) is 56.2 Å². The van der Waals surface area contributed by atoms with Gasteiger partial charge in [0.05, 0.1) is 0 Å². The standard InChI is InChI=1S/C12H19IN4/c1-3-16(4-2)11-5-6-17(9-11)12-14-7-10(13)8-15-12/h7-8,11H,3-6,9H2,1-2H3. The Balaban J connectivity index is 2.00. The van der Waals surface area contributed by atoms with E-state index in [0.717, 1.165) is 35.7 Å². The lowest BCUT2D eigenvalue weighted by Crippen LogP contribution is -2.37. The van der Waals surface area contributed by atoms with Gasteiger partial charge in [-0.2, -0.15) is 0 Å². The van der Waals surface area contributed by atoms with Crippen LogP contribution in [-0.4, -0.2) is 47.1 Å². The molecule has 1 atom stereocenters. The van der Waals surface area contributed by atoms with Crippen LogP contribution in [0, 0.1) is 3.57 Å². The minimum absolute atomic E-state index is 0.660. The van der Waals surface area contributed by atoms with Crippen molar-refractivity contribution in [1.29, 1.82) is 0 Å². The Morgan fingerprint density at radius 2 is 2.00 bits per heavy atom. The van der Waals surface area contributed by atoms with Crippen molar-refractivity contribution < 1.29 is 0 Å². The molecule has 17 heavy (non-hydrogen) atoms. The minimum atomic E-state index is 0.660. The second-order valence-corrected chi connectivity index (χ2v) is 5.56. The molecule has 1 saturated heterocycles. The molecule has 4 nitrogen and oxygen atoms in total. The van der Waals surface area contributed by atoms with Crippen molar-refractivity contribution in [2.45, 2.75) is 26.3 Å². The molecule has 1 fully saturated rings. The maximum Gasteiger partial charge on any atom is 0.225 e. The molecule has 5 heteroatoms. The molecule has 0 saturated carbocycles. The third kappa shape index (κ3) is 3.07. The highest BCUT2D eigenvalue weighted by molar-refractivity contribution is 14.1. The van der Waals surface area contributed by atoms with Crippen LogP contribution in [0.1, 0.15) is 20.3 Å². The van der Waals surface area contributed by atoms with E-state index in [0.29, 0.717) is 6.04 Å². The van der Waals surface area contributed by atoms with Gasteiger partial charge in [0, 0.05) is 35.1 Å². The predicted molar refractivity (Wildman–Crippen MR) is 78.3 cm³/mol. The zero-order chi connectivity index (χ0) is 12.3. The van der Waals surface area contributed by atoms with Crippen LogP contribution in [0.25, 0.3) is 0 Å². The van der Waals surface area contributed by atoms with E-state index < -0.39 is 0 Å².